The molecule has 0 unspecified atom stereocenters. The number of hydrogen-bond acceptors (Lipinski definition) is 2. The van der Waals surface area contributed by atoms with E-state index in [2.05, 4.69) is 0 Å². The van der Waals surface area contributed by atoms with Crippen LogP contribution in [0, 0.1) is 5.25 Å². The van der Waals surface area contributed by atoms with Crippen LogP contribution >= 0.6 is 0 Å². The molecular weight excluding hydrogens is 186 g/mol. The Bertz CT molecular complexity index is 255. The Labute approximate surface area is 81.4 Å². The lowest BCUT2D eigenvalue weighted by molar-refractivity contribution is -0.800. The lowest BCUT2D eigenvalue weighted by Gasteiger charge is -2.38. The van der Waals surface area contributed by atoms with Gasteiger partial charge in [0.1, 0.15) is 0 Å². The van der Waals surface area contributed by atoms with Crippen molar-refractivity contribution >= 4 is 10.0 Å². The van der Waals surface area contributed by atoms with Gasteiger partial charge >= 0.3 is 0 Å². The van der Waals surface area contributed by atoms with Crippen LogP contribution in [0.5, 0.6) is 0 Å². The van der Waals surface area contributed by atoms with E-state index in [1.54, 1.807) is 0 Å². The normalized spacial score (nSPS) is 19.0. The molecule has 0 N–H and O–H groups in total. The van der Waals surface area contributed by atoms with Crippen LogP contribution in [0.15, 0.2) is 0 Å². The summed E-state index contributed by atoms with van der Waals surface area (Å²) in [7, 11) is -2.99. The van der Waals surface area contributed by atoms with Crippen LogP contribution in [0.3, 0.4) is 0 Å². The van der Waals surface area contributed by atoms with Gasteiger partial charge in [0, 0.05) is 0 Å². The predicted molar refractivity (Wildman–Crippen MR) is 53.3 cm³/mol. The summed E-state index contributed by atoms with van der Waals surface area (Å²) in [6.45, 7) is 7.89. The molecule has 1 fully saturated rings. The molecule has 1 aliphatic carbocycles. The van der Waals surface area contributed by atoms with Crippen molar-refractivity contribution in [1.29, 1.82) is 0 Å². The van der Waals surface area contributed by atoms with Crippen molar-refractivity contribution in [1.82, 2.24) is 0 Å². The van der Waals surface area contributed by atoms with Crippen molar-refractivity contribution in [3.63, 3.8) is 0 Å². The van der Waals surface area contributed by atoms with Gasteiger partial charge in [-0.3, -0.25) is 0 Å². The largest absolute Gasteiger partial charge is 0.245 e. The predicted octanol–water partition coefficient (Wildman–Crippen LogP) is 1.52. The maximum atomic E-state index is 12.0. The van der Waals surface area contributed by atoms with Gasteiger partial charge in [-0.25, -0.2) is 12.3 Å². The third-order valence-corrected chi connectivity index (χ3v) is 5.99. The van der Waals surface area contributed by atoms with E-state index in [0.717, 1.165) is 18.1 Å². The molecule has 0 saturated heterocycles. The third kappa shape index (κ3) is 1.62. The minimum Gasteiger partial charge on any atom is -0.245 e. The zero-order valence-corrected chi connectivity index (χ0v) is 9.52. The number of nitrogens with zero attached hydrogens (tertiary/aromatic N) is 1. The Morgan fingerprint density at radius 3 is 1.69 bits per heavy atom. The molecular formula is C9H19NO2S. The minimum atomic E-state index is -2.99. The molecule has 3 nitrogen and oxygen atoms in total. The van der Waals surface area contributed by atoms with Gasteiger partial charge in [0.15, 0.2) is 10.0 Å². The Kier molecular flexibility index (Phi) is 3.02. The van der Waals surface area contributed by atoms with Crippen LogP contribution in [0.4, 0.5) is 0 Å². The van der Waals surface area contributed by atoms with E-state index in [1.165, 1.54) is 0 Å². The van der Waals surface area contributed by atoms with E-state index in [4.69, 9.17) is 0 Å². The molecule has 0 spiro atoms. The van der Waals surface area contributed by atoms with Crippen LogP contribution in [0.25, 0.3) is 0 Å². The first-order valence-corrected chi connectivity index (χ1v) is 6.44. The van der Waals surface area contributed by atoms with E-state index in [1.807, 2.05) is 20.8 Å². The van der Waals surface area contributed by atoms with E-state index < -0.39 is 10.0 Å². The highest BCUT2D eigenvalue weighted by Gasteiger charge is 2.38. The van der Waals surface area contributed by atoms with Crippen LogP contribution in [0.2, 0.25) is 0 Å². The van der Waals surface area contributed by atoms with Crippen molar-refractivity contribution in [3.8, 4) is 0 Å². The molecule has 13 heavy (non-hydrogen) atoms. The maximum absolute atomic E-state index is 12.0. The highest BCUT2D eigenvalue weighted by molar-refractivity contribution is 7.89. The second-order valence-corrected chi connectivity index (χ2v) is 5.82. The first-order chi connectivity index (χ1) is 6.04. The van der Waals surface area contributed by atoms with Gasteiger partial charge in [-0.1, -0.05) is 0 Å². The van der Waals surface area contributed by atoms with Gasteiger partial charge in [0.2, 0.25) is 0 Å². The molecule has 0 amide bonds. The highest BCUT2D eigenvalue weighted by atomic mass is 32.2. The molecule has 78 valence electrons. The van der Waals surface area contributed by atoms with E-state index in [-0.39, 0.29) is 3.89 Å². The van der Waals surface area contributed by atoms with Crippen LogP contribution in [-0.2, 0) is 10.0 Å². The maximum Gasteiger partial charge on any atom is 0.170 e. The lowest BCUT2D eigenvalue weighted by atomic mass is 10.5. The Morgan fingerprint density at radius 2 is 1.46 bits per heavy atom. The van der Waals surface area contributed by atoms with Gasteiger partial charge < -0.3 is 0 Å². The van der Waals surface area contributed by atoms with Crippen molar-refractivity contribution in [2.45, 2.75) is 33.6 Å². The zero-order valence-electron chi connectivity index (χ0n) is 8.71. The van der Waals surface area contributed by atoms with Crippen molar-refractivity contribution in [2.75, 3.05) is 19.6 Å². The number of quaternary nitrogens is 1. The van der Waals surface area contributed by atoms with Crippen LogP contribution < -0.4 is 0 Å². The Balaban J connectivity index is 2.97. The van der Waals surface area contributed by atoms with E-state index in [0.29, 0.717) is 19.6 Å². The lowest BCUT2D eigenvalue weighted by Crippen LogP contribution is -2.52. The Morgan fingerprint density at radius 1 is 1.08 bits per heavy atom. The fraction of sp³-hybridized carbons (Fsp3) is 0.889. The molecule has 0 aromatic carbocycles. The molecule has 1 aliphatic rings. The topological polar surface area (TPSA) is 34.1 Å². The average Bonchev–Trinajstić information content (AvgIpc) is 2.90. The molecule has 1 rings (SSSR count). The van der Waals surface area contributed by atoms with Crippen molar-refractivity contribution < 1.29 is 12.3 Å². The van der Waals surface area contributed by atoms with Crippen LogP contribution in [0.1, 0.15) is 33.6 Å². The smallest absolute Gasteiger partial charge is 0.170 e. The van der Waals surface area contributed by atoms with Gasteiger partial charge in [0.25, 0.3) is 0 Å². The number of rotatable bonds is 5. The third-order valence-electron chi connectivity index (χ3n) is 3.06. The summed E-state index contributed by atoms with van der Waals surface area (Å²) in [5.74, 6) is 0. The average molecular weight is 205 g/mol. The molecule has 1 saturated carbocycles. The SMILES string of the molecule is CC[N+](CC)(CC)S(=O)(=O)[C-]1CC1. The highest BCUT2D eigenvalue weighted by Crippen LogP contribution is 2.42. The fourth-order valence-electron chi connectivity index (χ4n) is 1.76. The molecule has 4 heteroatoms. The summed E-state index contributed by atoms with van der Waals surface area (Å²) in [5, 5.41) is 0.762. The quantitative estimate of drug-likeness (QED) is 0.504. The van der Waals surface area contributed by atoms with Gasteiger partial charge in [-0.2, -0.15) is 12.8 Å². The summed E-state index contributed by atoms with van der Waals surface area (Å²) >= 11 is 0. The molecule has 0 aliphatic heterocycles. The second kappa shape index (κ2) is 3.58. The Hall–Kier alpha value is -0.0900. The first kappa shape index (κ1) is 11.0. The summed E-state index contributed by atoms with van der Waals surface area (Å²) in [6, 6.07) is 0. The molecule has 0 heterocycles. The molecule has 0 aromatic rings. The van der Waals surface area contributed by atoms with E-state index in [9.17, 15) is 8.42 Å². The van der Waals surface area contributed by atoms with Gasteiger partial charge in [0.05, 0.1) is 19.6 Å². The molecule has 0 bridgehead atoms. The summed E-state index contributed by atoms with van der Waals surface area (Å²) in [5.41, 5.74) is 0. The van der Waals surface area contributed by atoms with Crippen molar-refractivity contribution in [2.24, 2.45) is 0 Å². The van der Waals surface area contributed by atoms with E-state index >= 15 is 0 Å². The summed E-state index contributed by atoms with van der Waals surface area (Å²) in [4.78, 5) is 0. The number of sulfonamides is 1. The minimum absolute atomic E-state index is 0.238. The summed E-state index contributed by atoms with van der Waals surface area (Å²) in [6.07, 6.45) is 1.59. The second-order valence-electron chi connectivity index (χ2n) is 3.52. The van der Waals surface area contributed by atoms with Gasteiger partial charge in [-0.05, 0) is 20.8 Å². The number of hydrogen-bond donors (Lipinski definition) is 0. The molecule has 0 radical (unpaired) electrons. The monoisotopic (exact) mass is 205 g/mol. The molecule has 0 aromatic heterocycles. The van der Waals surface area contributed by atoms with Crippen LogP contribution in [-0.4, -0.2) is 31.9 Å². The standard InChI is InChI=1S/C9H19NO2S/c1-4-10(5-2,6-3)13(11,12)9-7-8-9/h4-8H2,1-3H3. The van der Waals surface area contributed by atoms with Crippen molar-refractivity contribution in [3.05, 3.63) is 5.25 Å². The zero-order chi connectivity index (χ0) is 10.1. The fourth-order valence-corrected chi connectivity index (χ4v) is 3.95. The summed E-state index contributed by atoms with van der Waals surface area (Å²) < 4.78 is 24.3. The first-order valence-electron chi connectivity index (χ1n) is 5.00. The van der Waals surface area contributed by atoms with Gasteiger partial charge in [-0.15, -0.1) is 5.25 Å². The molecule has 0 atom stereocenters.